The Hall–Kier alpha value is -2.41. The van der Waals surface area contributed by atoms with E-state index in [2.05, 4.69) is 5.09 Å². The van der Waals surface area contributed by atoms with Crippen molar-refractivity contribution in [1.29, 1.82) is 0 Å². The van der Waals surface area contributed by atoms with Gasteiger partial charge in [-0.1, -0.05) is 39.0 Å². The van der Waals surface area contributed by atoms with Crippen molar-refractivity contribution in [2.24, 2.45) is 0 Å². The molecule has 0 bridgehead atoms. The summed E-state index contributed by atoms with van der Waals surface area (Å²) in [5, 5.41) is 2.30. The summed E-state index contributed by atoms with van der Waals surface area (Å²) in [6.07, 6.45) is -2.28. The van der Waals surface area contributed by atoms with Crippen LogP contribution in [0.5, 0.6) is 5.75 Å². The van der Waals surface area contributed by atoms with Crippen molar-refractivity contribution >= 4 is 33.7 Å². The number of ether oxygens (including phenoxy) is 2. The fourth-order valence-electron chi connectivity index (χ4n) is 4.28. The SMILES string of the molecule is CC(C)OC(=O)[C@H](C)N[P@@](=O)(OC[C@H]1O[C@@H](N2C=CC(=O)CC2=O)[C@](C)(F)[C@@H]1O[Si](C)(C)C(C)(C)C)Oc1ccccc1. The zero-order chi connectivity index (χ0) is 32.4. The summed E-state index contributed by atoms with van der Waals surface area (Å²) in [6.45, 7) is 15.5. The zero-order valence-electron chi connectivity index (χ0n) is 26.3. The number of halogens is 1. The number of nitrogens with one attached hydrogen (secondary N) is 1. The summed E-state index contributed by atoms with van der Waals surface area (Å²) in [5.41, 5.74) is -2.25. The molecule has 3 rings (SSSR count). The van der Waals surface area contributed by atoms with Gasteiger partial charge >= 0.3 is 13.7 Å². The van der Waals surface area contributed by atoms with Gasteiger partial charge in [-0.3, -0.25) is 23.8 Å². The predicted octanol–water partition coefficient (Wildman–Crippen LogP) is 5.28. The van der Waals surface area contributed by atoms with Crippen molar-refractivity contribution < 1.29 is 46.3 Å². The second-order valence-corrected chi connectivity index (χ2v) is 19.2. The van der Waals surface area contributed by atoms with Crippen molar-refractivity contribution in [3.63, 3.8) is 0 Å². The lowest BCUT2D eigenvalue weighted by Gasteiger charge is -2.42. The average molecular weight is 643 g/mol. The minimum absolute atomic E-state index is 0.200. The topological polar surface area (TPSA) is 130 Å². The van der Waals surface area contributed by atoms with Gasteiger partial charge in [0.15, 0.2) is 26.0 Å². The van der Waals surface area contributed by atoms with Crippen LogP contribution in [0.1, 0.15) is 54.9 Å². The summed E-state index contributed by atoms with van der Waals surface area (Å²) in [6, 6.07) is 7.13. The Morgan fingerprint density at radius 3 is 2.40 bits per heavy atom. The lowest BCUT2D eigenvalue weighted by molar-refractivity contribution is -0.150. The van der Waals surface area contributed by atoms with Crippen LogP contribution in [-0.4, -0.2) is 73.7 Å². The van der Waals surface area contributed by atoms with Crippen LogP contribution in [-0.2, 0) is 37.4 Å². The molecule has 1 aromatic carbocycles. The van der Waals surface area contributed by atoms with E-state index in [0.29, 0.717) is 0 Å². The standard InChI is InChI=1S/C29H44FN2O9PSi/c1-19(2)38-26(35)20(3)31-42(36,40-22-13-11-10-12-14-22)37-18-23-25(41-43(8,9)28(4,5)6)29(7,30)27(39-23)32-16-15-21(33)17-24(32)34/h10-16,19-20,23,25,27H,17-18H2,1-9H3,(H,31,36)/t20-,23+,25+,27+,29+,42+/m0/s1. The number of rotatable bonds is 12. The van der Waals surface area contributed by atoms with Gasteiger partial charge in [0.25, 0.3) is 0 Å². The Balaban J connectivity index is 1.94. The second kappa shape index (κ2) is 13.3. The van der Waals surface area contributed by atoms with Gasteiger partial charge < -0.3 is 18.4 Å². The number of ketones is 1. The monoisotopic (exact) mass is 642 g/mol. The Kier molecular flexibility index (Phi) is 10.8. The molecule has 0 radical (unpaired) electrons. The number of hydrogen-bond acceptors (Lipinski definition) is 9. The van der Waals surface area contributed by atoms with Gasteiger partial charge in [0.05, 0.1) is 19.1 Å². The summed E-state index contributed by atoms with van der Waals surface area (Å²) < 4.78 is 60.2. The van der Waals surface area contributed by atoms with Gasteiger partial charge in [-0.2, -0.15) is 5.09 Å². The highest BCUT2D eigenvalue weighted by Crippen LogP contribution is 2.49. The number of hydrogen-bond donors (Lipinski definition) is 1. The number of alkyl halides is 1. The van der Waals surface area contributed by atoms with Crippen molar-refractivity contribution in [2.45, 2.75) is 109 Å². The normalized spacial score (nSPS) is 26.9. The van der Waals surface area contributed by atoms with Gasteiger partial charge in [0.2, 0.25) is 5.91 Å². The Bertz CT molecular complexity index is 1250. The van der Waals surface area contributed by atoms with E-state index in [4.69, 9.17) is 22.9 Å². The summed E-state index contributed by atoms with van der Waals surface area (Å²) in [5.74, 6) is -1.49. The molecular formula is C29H44FN2O9PSi. The molecule has 14 heteroatoms. The molecule has 1 saturated heterocycles. The van der Waals surface area contributed by atoms with Crippen molar-refractivity contribution in [1.82, 2.24) is 9.99 Å². The van der Waals surface area contributed by atoms with E-state index in [0.717, 1.165) is 4.90 Å². The number of amides is 1. The van der Waals surface area contributed by atoms with Gasteiger partial charge in [-0.25, -0.2) is 8.96 Å². The van der Waals surface area contributed by atoms with E-state index in [-0.39, 0.29) is 10.8 Å². The van der Waals surface area contributed by atoms with Gasteiger partial charge in [-0.15, -0.1) is 0 Å². The van der Waals surface area contributed by atoms with E-state index >= 15 is 4.39 Å². The van der Waals surface area contributed by atoms with Crippen LogP contribution < -0.4 is 9.61 Å². The molecule has 240 valence electrons. The molecular weight excluding hydrogens is 598 g/mol. The van der Waals surface area contributed by atoms with Crippen molar-refractivity contribution in [3.8, 4) is 5.75 Å². The minimum atomic E-state index is -4.31. The summed E-state index contributed by atoms with van der Waals surface area (Å²) >= 11 is 0. The maximum atomic E-state index is 16.8. The van der Waals surface area contributed by atoms with E-state index < -0.39 is 83.0 Å². The smallest absolute Gasteiger partial charge is 0.459 e. The molecule has 1 fully saturated rings. The molecule has 0 aromatic heterocycles. The van der Waals surface area contributed by atoms with Gasteiger partial charge in [-0.05, 0) is 64.0 Å². The lowest BCUT2D eigenvalue weighted by atomic mass is 9.97. The number of carbonyl (C=O) groups excluding carboxylic acids is 3. The third-order valence-corrected chi connectivity index (χ3v) is 13.7. The molecule has 0 spiro atoms. The first kappa shape index (κ1) is 35.1. The maximum absolute atomic E-state index is 16.8. The van der Waals surface area contributed by atoms with Crippen LogP contribution in [0.25, 0.3) is 0 Å². The van der Waals surface area contributed by atoms with E-state index in [9.17, 15) is 18.9 Å². The van der Waals surface area contributed by atoms with Crippen LogP contribution in [0.15, 0.2) is 42.6 Å². The van der Waals surface area contributed by atoms with Crippen molar-refractivity contribution in [3.05, 3.63) is 42.6 Å². The third-order valence-electron chi connectivity index (χ3n) is 7.63. The fraction of sp³-hybridized carbons (Fsp3) is 0.621. The van der Waals surface area contributed by atoms with E-state index in [1.807, 2.05) is 33.9 Å². The first-order valence-electron chi connectivity index (χ1n) is 14.3. The molecule has 0 unspecified atom stereocenters. The Labute approximate surface area is 254 Å². The average Bonchev–Trinajstić information content (AvgIpc) is 3.11. The first-order valence-corrected chi connectivity index (χ1v) is 18.7. The first-order chi connectivity index (χ1) is 19.8. The molecule has 2 heterocycles. The zero-order valence-corrected chi connectivity index (χ0v) is 28.2. The van der Waals surface area contributed by atoms with Gasteiger partial charge in [0.1, 0.15) is 24.0 Å². The molecule has 1 amide bonds. The molecule has 1 aromatic rings. The van der Waals surface area contributed by atoms with Crippen LogP contribution in [0, 0.1) is 0 Å². The van der Waals surface area contributed by atoms with Gasteiger partial charge in [0, 0.05) is 6.20 Å². The number of nitrogens with zero attached hydrogens (tertiary/aromatic N) is 1. The van der Waals surface area contributed by atoms with Crippen LogP contribution in [0.3, 0.4) is 0 Å². The number of benzene rings is 1. The fourth-order valence-corrected chi connectivity index (χ4v) is 7.16. The number of esters is 1. The lowest BCUT2D eigenvalue weighted by Crippen LogP contribution is -2.56. The molecule has 0 aliphatic carbocycles. The molecule has 43 heavy (non-hydrogen) atoms. The van der Waals surface area contributed by atoms with E-state index in [1.165, 1.54) is 26.1 Å². The van der Waals surface area contributed by atoms with Crippen LogP contribution in [0.4, 0.5) is 4.39 Å². The van der Waals surface area contributed by atoms with Crippen molar-refractivity contribution in [2.75, 3.05) is 6.61 Å². The molecule has 1 N–H and O–H groups in total. The quantitative estimate of drug-likeness (QED) is 0.139. The van der Waals surface area contributed by atoms with Crippen LogP contribution in [0.2, 0.25) is 18.1 Å². The highest BCUT2D eigenvalue weighted by molar-refractivity contribution is 7.52. The van der Waals surface area contributed by atoms with Crippen LogP contribution >= 0.6 is 7.75 Å². The molecule has 6 atom stereocenters. The summed E-state index contributed by atoms with van der Waals surface area (Å²) in [7, 11) is -6.94. The Morgan fingerprint density at radius 1 is 1.21 bits per heavy atom. The second-order valence-electron chi connectivity index (χ2n) is 12.8. The third kappa shape index (κ3) is 8.61. The maximum Gasteiger partial charge on any atom is 0.459 e. The number of allylic oxidation sites excluding steroid dienone is 1. The Morgan fingerprint density at radius 2 is 1.84 bits per heavy atom. The summed E-state index contributed by atoms with van der Waals surface area (Å²) in [4.78, 5) is 38.1. The number of para-hydroxylation sites is 1. The molecule has 2 aliphatic rings. The largest absolute Gasteiger partial charge is 0.462 e. The highest BCUT2D eigenvalue weighted by atomic mass is 31.2. The highest BCUT2D eigenvalue weighted by Gasteiger charge is 2.61. The number of carbonyl (C=O) groups is 3. The van der Waals surface area contributed by atoms with E-state index in [1.54, 1.807) is 44.2 Å². The predicted molar refractivity (Wildman–Crippen MR) is 160 cm³/mol. The molecule has 0 saturated carbocycles. The molecule has 11 nitrogen and oxygen atoms in total. The minimum Gasteiger partial charge on any atom is -0.462 e. The molecule has 2 aliphatic heterocycles.